The average Bonchev–Trinajstić information content (AvgIpc) is 3.52. The van der Waals surface area contributed by atoms with E-state index in [0.29, 0.717) is 43.3 Å². The Morgan fingerprint density at radius 1 is 1.14 bits per heavy atom. The number of nitrogens with one attached hydrogen (secondary N) is 1. The molecule has 10 heteroatoms. The van der Waals surface area contributed by atoms with Crippen molar-refractivity contribution < 1.29 is 13.9 Å². The first-order valence-corrected chi connectivity index (χ1v) is 12.8. The molecule has 0 spiro atoms. The second kappa shape index (κ2) is 9.18. The second-order valence-corrected chi connectivity index (χ2v) is 10.0. The van der Waals surface area contributed by atoms with Gasteiger partial charge in [-0.15, -0.1) is 11.3 Å². The molecule has 1 aromatic carbocycles. The van der Waals surface area contributed by atoms with E-state index in [1.807, 2.05) is 33.6 Å². The Balaban J connectivity index is 1.50. The molecule has 2 fully saturated rings. The van der Waals surface area contributed by atoms with Crippen molar-refractivity contribution in [3.05, 3.63) is 51.9 Å². The molecule has 2 saturated heterocycles. The molecule has 8 nitrogen and oxygen atoms in total. The van der Waals surface area contributed by atoms with E-state index in [4.69, 9.17) is 4.74 Å². The number of aromatic nitrogens is 2. The zero-order chi connectivity index (χ0) is 23.9. The van der Waals surface area contributed by atoms with Crippen LogP contribution in [0.25, 0.3) is 26.1 Å². The molecular weight excluding hydrogens is 469 g/mol. The summed E-state index contributed by atoms with van der Waals surface area (Å²) >= 11 is 1.37. The van der Waals surface area contributed by atoms with Crippen LogP contribution in [0.5, 0.6) is 0 Å². The molecule has 2 aliphatic rings. The van der Waals surface area contributed by atoms with Crippen molar-refractivity contribution in [3.8, 4) is 0 Å². The van der Waals surface area contributed by atoms with E-state index in [-0.39, 0.29) is 16.8 Å². The number of ether oxygens (including phenoxy) is 1. The molecular formula is C25H26FN5O3S. The van der Waals surface area contributed by atoms with E-state index in [1.54, 1.807) is 0 Å². The van der Waals surface area contributed by atoms with Crippen molar-refractivity contribution in [2.45, 2.75) is 12.8 Å². The van der Waals surface area contributed by atoms with Crippen molar-refractivity contribution >= 4 is 49.1 Å². The number of hydrogen-bond acceptors (Lipinski definition) is 7. The van der Waals surface area contributed by atoms with Crippen LogP contribution in [0.1, 0.15) is 23.2 Å². The zero-order valence-electron chi connectivity index (χ0n) is 19.3. The molecule has 0 saturated carbocycles. The maximum Gasteiger partial charge on any atom is 0.258 e. The molecule has 1 N–H and O–H groups in total. The fourth-order valence-corrected chi connectivity index (χ4v) is 6.20. The van der Waals surface area contributed by atoms with E-state index in [9.17, 15) is 9.59 Å². The summed E-state index contributed by atoms with van der Waals surface area (Å²) in [6.07, 6.45) is 2.35. The lowest BCUT2D eigenvalue weighted by Crippen LogP contribution is -2.37. The summed E-state index contributed by atoms with van der Waals surface area (Å²) in [5, 5.41) is 3.02. The lowest BCUT2D eigenvalue weighted by molar-refractivity contribution is 0.0950. The quantitative estimate of drug-likeness (QED) is 0.459. The van der Waals surface area contributed by atoms with Crippen LogP contribution in [-0.4, -0.2) is 72.7 Å². The van der Waals surface area contributed by atoms with Gasteiger partial charge < -0.3 is 19.9 Å². The molecule has 4 aromatic rings. The van der Waals surface area contributed by atoms with Crippen LogP contribution in [0, 0.1) is 5.82 Å². The molecule has 182 valence electrons. The molecule has 3 aromatic heterocycles. The molecule has 2 aliphatic heterocycles. The molecule has 1 amide bonds. The maximum atomic E-state index is 15.2. The van der Waals surface area contributed by atoms with Crippen LogP contribution >= 0.6 is 11.3 Å². The van der Waals surface area contributed by atoms with E-state index in [0.717, 1.165) is 29.9 Å². The summed E-state index contributed by atoms with van der Waals surface area (Å²) < 4.78 is 23.4. The largest absolute Gasteiger partial charge is 0.378 e. The predicted octanol–water partition coefficient (Wildman–Crippen LogP) is 2.86. The Labute approximate surface area is 204 Å². The molecule has 6 rings (SSSR count). The monoisotopic (exact) mass is 495 g/mol. The number of carbonyl (C=O) groups is 1. The number of para-hydroxylation sites is 1. The third-order valence-electron chi connectivity index (χ3n) is 6.80. The van der Waals surface area contributed by atoms with Gasteiger partial charge in [0.25, 0.3) is 5.91 Å². The third-order valence-corrected chi connectivity index (χ3v) is 7.95. The molecule has 0 radical (unpaired) electrons. The van der Waals surface area contributed by atoms with Gasteiger partial charge in [0.15, 0.2) is 17.3 Å². The lowest BCUT2D eigenvalue weighted by atomic mass is 10.1. The van der Waals surface area contributed by atoms with Crippen LogP contribution in [0.15, 0.2) is 35.1 Å². The summed E-state index contributed by atoms with van der Waals surface area (Å²) in [4.78, 5) is 36.2. The number of morpholine rings is 1. The molecule has 0 bridgehead atoms. The number of amides is 1. The number of pyridine rings is 2. The Kier molecular flexibility index (Phi) is 5.87. The summed E-state index contributed by atoms with van der Waals surface area (Å²) in [5.74, 6) is -0.804. The van der Waals surface area contributed by atoms with Gasteiger partial charge in [-0.3, -0.25) is 14.0 Å². The van der Waals surface area contributed by atoms with Gasteiger partial charge in [0.2, 0.25) is 5.43 Å². The molecule has 5 heterocycles. The minimum atomic E-state index is -0.573. The summed E-state index contributed by atoms with van der Waals surface area (Å²) in [6.45, 7) is 5.30. The highest BCUT2D eigenvalue weighted by Crippen LogP contribution is 2.32. The summed E-state index contributed by atoms with van der Waals surface area (Å²) in [5.41, 5.74) is 0.736. The van der Waals surface area contributed by atoms with E-state index < -0.39 is 17.2 Å². The second-order valence-electron chi connectivity index (χ2n) is 8.98. The smallest absolute Gasteiger partial charge is 0.258 e. The van der Waals surface area contributed by atoms with Gasteiger partial charge >= 0.3 is 0 Å². The minimum Gasteiger partial charge on any atom is -0.378 e. The Morgan fingerprint density at radius 2 is 1.91 bits per heavy atom. The van der Waals surface area contributed by atoms with Crippen LogP contribution in [0.3, 0.4) is 0 Å². The number of nitrogens with zero attached hydrogens (tertiary/aromatic N) is 4. The van der Waals surface area contributed by atoms with Gasteiger partial charge in [-0.1, -0.05) is 12.1 Å². The number of halogens is 1. The average molecular weight is 496 g/mol. The molecule has 35 heavy (non-hydrogen) atoms. The highest BCUT2D eigenvalue weighted by molar-refractivity contribution is 7.24. The van der Waals surface area contributed by atoms with Gasteiger partial charge in [0.1, 0.15) is 10.4 Å². The SMILES string of the molecule is O=C(NCCN1CCCC1)c1c(=O)c2cc(F)c(N3CCOCC3)nc2n2c1sc1ccccc12. The number of anilines is 1. The van der Waals surface area contributed by atoms with Crippen LogP contribution in [-0.2, 0) is 4.74 Å². The van der Waals surface area contributed by atoms with Crippen molar-refractivity contribution in [2.75, 3.05) is 57.4 Å². The van der Waals surface area contributed by atoms with E-state index in [2.05, 4.69) is 15.2 Å². The number of benzene rings is 1. The highest BCUT2D eigenvalue weighted by Gasteiger charge is 2.25. The first-order valence-electron chi connectivity index (χ1n) is 12.0. The van der Waals surface area contributed by atoms with Crippen LogP contribution in [0.2, 0.25) is 0 Å². The van der Waals surface area contributed by atoms with Crippen molar-refractivity contribution in [1.29, 1.82) is 0 Å². The first kappa shape index (κ1) is 22.4. The fourth-order valence-electron chi connectivity index (χ4n) is 5.02. The summed E-state index contributed by atoms with van der Waals surface area (Å²) in [7, 11) is 0. The maximum absolute atomic E-state index is 15.2. The predicted molar refractivity (Wildman–Crippen MR) is 135 cm³/mol. The van der Waals surface area contributed by atoms with Gasteiger partial charge in [0.05, 0.1) is 28.8 Å². The van der Waals surface area contributed by atoms with Gasteiger partial charge in [-0.05, 0) is 44.1 Å². The highest BCUT2D eigenvalue weighted by atomic mass is 32.1. The lowest BCUT2D eigenvalue weighted by Gasteiger charge is -2.28. The normalized spacial score (nSPS) is 17.1. The van der Waals surface area contributed by atoms with Crippen molar-refractivity contribution in [1.82, 2.24) is 19.6 Å². The number of hydrogen-bond donors (Lipinski definition) is 1. The first-order chi connectivity index (χ1) is 17.1. The van der Waals surface area contributed by atoms with Crippen LogP contribution < -0.4 is 15.6 Å². The Bertz CT molecular complexity index is 1490. The summed E-state index contributed by atoms with van der Waals surface area (Å²) in [6, 6.07) is 8.93. The van der Waals surface area contributed by atoms with Crippen LogP contribution in [0.4, 0.5) is 10.2 Å². The number of rotatable bonds is 5. The van der Waals surface area contributed by atoms with Gasteiger partial charge in [-0.2, -0.15) is 0 Å². The topological polar surface area (TPSA) is 79.2 Å². The molecule has 0 aliphatic carbocycles. The number of thiazole rings is 1. The molecule has 0 atom stereocenters. The van der Waals surface area contributed by atoms with Gasteiger partial charge in [0, 0.05) is 26.2 Å². The minimum absolute atomic E-state index is 0.0421. The van der Waals surface area contributed by atoms with E-state index in [1.165, 1.54) is 30.2 Å². The Hall–Kier alpha value is -3.08. The fraction of sp³-hybridized carbons (Fsp3) is 0.400. The van der Waals surface area contributed by atoms with Crippen molar-refractivity contribution in [2.24, 2.45) is 0 Å². The Morgan fingerprint density at radius 3 is 2.71 bits per heavy atom. The van der Waals surface area contributed by atoms with Gasteiger partial charge in [-0.25, -0.2) is 9.37 Å². The standard InChI is InChI=1S/C25H26FN5O3S/c26-17-15-16-21(32)20(24(33)27-7-10-29-8-3-4-9-29)25-31(18-5-1-2-6-19(18)35-25)22(16)28-23(17)30-11-13-34-14-12-30/h1-2,5-6,15H,3-4,7-14H2,(H,27,33). The van der Waals surface area contributed by atoms with E-state index >= 15 is 4.39 Å². The zero-order valence-corrected chi connectivity index (χ0v) is 20.1. The molecule has 0 unspecified atom stereocenters. The van der Waals surface area contributed by atoms with Crippen molar-refractivity contribution in [3.63, 3.8) is 0 Å². The number of fused-ring (bicyclic) bond motifs is 5. The third kappa shape index (κ3) is 3.95. The number of likely N-dealkylation sites (tertiary alicyclic amines) is 1. The number of carbonyl (C=O) groups excluding carboxylic acids is 1.